The van der Waals surface area contributed by atoms with E-state index < -0.39 is 11.7 Å². The molecular weight excluding hydrogens is 407 g/mol. The summed E-state index contributed by atoms with van der Waals surface area (Å²) in [5.74, 6) is 1.73. The number of aromatic nitrogens is 4. The van der Waals surface area contributed by atoms with Gasteiger partial charge in [-0.15, -0.1) is 0 Å². The topological polar surface area (TPSA) is 59.0 Å². The molecule has 3 fully saturated rings. The molecule has 3 aromatic heterocycles. The number of nitrogens with zero attached hydrogens (tertiary/aromatic N) is 4. The zero-order chi connectivity index (χ0) is 21.5. The highest BCUT2D eigenvalue weighted by molar-refractivity contribution is 5.84. The third-order valence-corrected chi connectivity index (χ3v) is 7.09. The van der Waals surface area contributed by atoms with Gasteiger partial charge in [-0.2, -0.15) is 18.3 Å². The summed E-state index contributed by atoms with van der Waals surface area (Å²) in [4.78, 5) is 9.37. The number of pyridine rings is 1. The Kier molecular flexibility index (Phi) is 4.08. The Bertz CT molecular complexity index is 1130. The van der Waals surface area contributed by atoms with E-state index in [0.717, 1.165) is 32.5 Å². The minimum Gasteiger partial charge on any atom is -0.378 e. The van der Waals surface area contributed by atoms with Crippen LogP contribution in [0.2, 0.25) is 0 Å². The smallest absolute Gasteiger partial charge is 0.378 e. The lowest BCUT2D eigenvalue weighted by molar-refractivity contribution is -0.136. The van der Waals surface area contributed by atoms with Crippen LogP contribution in [-0.2, 0) is 10.9 Å². The van der Waals surface area contributed by atoms with Gasteiger partial charge in [-0.1, -0.05) is 0 Å². The van der Waals surface area contributed by atoms with Crippen molar-refractivity contribution in [3.8, 4) is 11.3 Å². The van der Waals surface area contributed by atoms with Crippen LogP contribution in [-0.4, -0.2) is 57.0 Å². The van der Waals surface area contributed by atoms with Crippen molar-refractivity contribution in [1.82, 2.24) is 24.6 Å². The summed E-state index contributed by atoms with van der Waals surface area (Å²) in [6.45, 7) is 8.04. The molecule has 0 amide bonds. The second kappa shape index (κ2) is 6.56. The summed E-state index contributed by atoms with van der Waals surface area (Å²) < 4.78 is 47.4. The molecule has 164 valence electrons. The number of ether oxygens (including phenoxy) is 1. The minimum atomic E-state index is -4.43. The number of aromatic amines is 1. The van der Waals surface area contributed by atoms with Gasteiger partial charge in [-0.3, -0.25) is 9.58 Å². The molecule has 9 heteroatoms. The first-order valence-corrected chi connectivity index (χ1v) is 10.8. The summed E-state index contributed by atoms with van der Waals surface area (Å²) >= 11 is 0. The number of fused-ring (bicyclic) bond motifs is 2. The molecule has 2 saturated heterocycles. The van der Waals surface area contributed by atoms with Crippen molar-refractivity contribution in [2.75, 3.05) is 26.3 Å². The Morgan fingerprint density at radius 1 is 1.16 bits per heavy atom. The van der Waals surface area contributed by atoms with E-state index in [4.69, 9.17) is 9.84 Å². The van der Waals surface area contributed by atoms with Gasteiger partial charge in [-0.25, -0.2) is 4.98 Å². The predicted octanol–water partition coefficient (Wildman–Crippen LogP) is 4.07. The Hall–Kier alpha value is -2.39. The van der Waals surface area contributed by atoms with E-state index in [1.807, 2.05) is 4.68 Å². The molecule has 3 aromatic rings. The maximum Gasteiger partial charge on any atom is 0.418 e. The zero-order valence-electron chi connectivity index (χ0n) is 17.4. The first-order chi connectivity index (χ1) is 14.8. The summed E-state index contributed by atoms with van der Waals surface area (Å²) in [5, 5.41) is 4.86. The van der Waals surface area contributed by atoms with Crippen LogP contribution in [0.4, 0.5) is 13.2 Å². The number of piperidine rings is 1. The molecule has 3 atom stereocenters. The van der Waals surface area contributed by atoms with Crippen LogP contribution < -0.4 is 0 Å². The van der Waals surface area contributed by atoms with E-state index in [9.17, 15) is 13.2 Å². The predicted molar refractivity (Wildman–Crippen MR) is 109 cm³/mol. The lowest BCUT2D eigenvalue weighted by Gasteiger charge is -2.35. The van der Waals surface area contributed by atoms with Crippen LogP contribution in [0.3, 0.4) is 0 Å². The third kappa shape index (κ3) is 3.01. The van der Waals surface area contributed by atoms with Gasteiger partial charge in [0.05, 0.1) is 30.5 Å². The molecule has 2 aliphatic heterocycles. The molecule has 6 rings (SSSR count). The Morgan fingerprint density at radius 2 is 1.90 bits per heavy atom. The van der Waals surface area contributed by atoms with Crippen molar-refractivity contribution < 1.29 is 17.9 Å². The molecule has 0 aromatic carbocycles. The number of hydrogen-bond donors (Lipinski definition) is 1. The normalized spacial score (nSPS) is 26.6. The van der Waals surface area contributed by atoms with Crippen LogP contribution in [0, 0.1) is 11.8 Å². The molecule has 0 unspecified atom stereocenters. The largest absolute Gasteiger partial charge is 0.418 e. The highest BCUT2D eigenvalue weighted by atomic mass is 19.4. The summed E-state index contributed by atoms with van der Waals surface area (Å²) in [5.41, 5.74) is 2.02. The van der Waals surface area contributed by atoms with Gasteiger partial charge in [0, 0.05) is 54.1 Å². The number of nitrogens with one attached hydrogen (secondary N) is 1. The van der Waals surface area contributed by atoms with Crippen molar-refractivity contribution in [2.45, 2.75) is 38.0 Å². The van der Waals surface area contributed by atoms with Crippen molar-refractivity contribution in [3.05, 3.63) is 35.8 Å². The van der Waals surface area contributed by atoms with Gasteiger partial charge in [0.25, 0.3) is 0 Å². The number of H-pyrrole nitrogens is 1. The summed E-state index contributed by atoms with van der Waals surface area (Å²) in [7, 11) is 0. The molecule has 0 bridgehead atoms. The Labute approximate surface area is 177 Å². The van der Waals surface area contributed by atoms with Gasteiger partial charge < -0.3 is 9.72 Å². The molecular formula is C22H24F3N5O. The molecule has 31 heavy (non-hydrogen) atoms. The maximum absolute atomic E-state index is 13.3. The van der Waals surface area contributed by atoms with E-state index in [1.165, 1.54) is 5.69 Å². The third-order valence-electron chi connectivity index (χ3n) is 7.09. The van der Waals surface area contributed by atoms with Crippen molar-refractivity contribution in [1.29, 1.82) is 0 Å². The van der Waals surface area contributed by atoms with Crippen molar-refractivity contribution in [2.24, 2.45) is 11.8 Å². The van der Waals surface area contributed by atoms with Gasteiger partial charge in [0.2, 0.25) is 0 Å². The van der Waals surface area contributed by atoms with Gasteiger partial charge >= 0.3 is 6.18 Å². The second-order valence-corrected chi connectivity index (χ2v) is 9.31. The van der Waals surface area contributed by atoms with E-state index in [0.29, 0.717) is 35.1 Å². The lowest BCUT2D eigenvalue weighted by Crippen LogP contribution is -2.48. The van der Waals surface area contributed by atoms with Gasteiger partial charge in [0.1, 0.15) is 5.65 Å². The molecule has 0 spiro atoms. The molecule has 1 saturated carbocycles. The van der Waals surface area contributed by atoms with E-state index in [1.54, 1.807) is 12.3 Å². The number of halogens is 3. The number of rotatable bonds is 4. The first kappa shape index (κ1) is 19.3. The fourth-order valence-corrected chi connectivity index (χ4v) is 5.32. The van der Waals surface area contributed by atoms with E-state index in [-0.39, 0.29) is 17.1 Å². The van der Waals surface area contributed by atoms with Crippen LogP contribution in [0.5, 0.6) is 0 Å². The average Bonchev–Trinajstić information content (AvgIpc) is 3.11. The number of hydrogen-bond acceptors (Lipinski definition) is 4. The van der Waals surface area contributed by atoms with E-state index in [2.05, 4.69) is 34.8 Å². The van der Waals surface area contributed by atoms with Crippen LogP contribution >= 0.6 is 0 Å². The monoisotopic (exact) mass is 431 g/mol. The fourth-order valence-electron chi connectivity index (χ4n) is 5.32. The fraction of sp³-hybridized carbons (Fsp3) is 0.545. The molecule has 0 radical (unpaired) electrons. The van der Waals surface area contributed by atoms with Crippen LogP contribution in [0.15, 0.2) is 24.5 Å². The second-order valence-electron chi connectivity index (χ2n) is 9.31. The molecule has 6 nitrogen and oxygen atoms in total. The number of alkyl halides is 3. The average molecular weight is 431 g/mol. The standard InChI is InChI=1S/C22H24F3N5O/c1-11(2)30-19(20-15-7-29(8-16(15)20)13-9-31-10-13)4-18(28-30)12-3-14-17(22(23,24)25)6-27-21(14)26-5-12/h3-6,11,13,15-16,20H,7-10H2,1-2H3,(H,26,27)/t15-,16+,20+. The van der Waals surface area contributed by atoms with Crippen molar-refractivity contribution >= 4 is 11.0 Å². The SMILES string of the molecule is CC(C)n1nc(-c2cnc3[nH]cc(C(F)(F)F)c3c2)cc1[C@H]1[C@@H]2CN(C3COC3)C[C@@H]21. The minimum absolute atomic E-state index is 0.0762. The van der Waals surface area contributed by atoms with Crippen molar-refractivity contribution in [3.63, 3.8) is 0 Å². The summed E-state index contributed by atoms with van der Waals surface area (Å²) in [6, 6.07) is 4.35. The maximum atomic E-state index is 13.3. The zero-order valence-corrected chi connectivity index (χ0v) is 17.4. The van der Waals surface area contributed by atoms with E-state index >= 15 is 0 Å². The quantitative estimate of drug-likeness (QED) is 0.677. The first-order valence-electron chi connectivity index (χ1n) is 10.8. The molecule has 5 heterocycles. The van der Waals surface area contributed by atoms with Crippen LogP contribution in [0.1, 0.15) is 37.1 Å². The highest BCUT2D eigenvalue weighted by Crippen LogP contribution is 2.59. The van der Waals surface area contributed by atoms with Crippen LogP contribution in [0.25, 0.3) is 22.3 Å². The molecule has 1 N–H and O–H groups in total. The Morgan fingerprint density at radius 3 is 2.52 bits per heavy atom. The molecule has 1 aliphatic carbocycles. The molecule has 3 aliphatic rings. The lowest BCUT2D eigenvalue weighted by atomic mass is 10.1. The van der Waals surface area contributed by atoms with Gasteiger partial charge in [-0.05, 0) is 37.8 Å². The number of likely N-dealkylation sites (tertiary alicyclic amines) is 1. The Balaban J connectivity index is 1.32. The highest BCUT2D eigenvalue weighted by Gasteiger charge is 2.58. The summed E-state index contributed by atoms with van der Waals surface area (Å²) in [6.07, 6.45) is -1.85. The van der Waals surface area contributed by atoms with Gasteiger partial charge in [0.15, 0.2) is 0 Å².